The maximum Gasteiger partial charge on any atom is 0.255 e. The van der Waals surface area contributed by atoms with Crippen molar-refractivity contribution in [1.82, 2.24) is 5.32 Å². The van der Waals surface area contributed by atoms with Crippen LogP contribution in [0.3, 0.4) is 0 Å². The average molecular weight is 365 g/mol. The van der Waals surface area contributed by atoms with E-state index in [4.69, 9.17) is 0 Å². The Labute approximate surface area is 160 Å². The number of hydrogen-bond acceptors (Lipinski definition) is 3. The van der Waals surface area contributed by atoms with E-state index in [1.54, 1.807) is 12.1 Å². The molecule has 27 heavy (non-hydrogen) atoms. The van der Waals surface area contributed by atoms with Crippen molar-refractivity contribution in [2.75, 3.05) is 17.2 Å². The van der Waals surface area contributed by atoms with Gasteiger partial charge in [-0.1, -0.05) is 43.5 Å². The zero-order valence-electron chi connectivity index (χ0n) is 15.8. The second-order valence-electron chi connectivity index (χ2n) is 7.11. The predicted molar refractivity (Wildman–Crippen MR) is 109 cm³/mol. The van der Waals surface area contributed by atoms with Crippen molar-refractivity contribution in [3.05, 3.63) is 59.7 Å². The number of benzene rings is 2. The fraction of sp³-hybridized carbons (Fsp3) is 0.364. The van der Waals surface area contributed by atoms with Crippen LogP contribution in [0.5, 0.6) is 0 Å². The minimum Gasteiger partial charge on any atom is -0.376 e. The van der Waals surface area contributed by atoms with Crippen LogP contribution in [0.2, 0.25) is 0 Å². The molecule has 3 N–H and O–H groups in total. The van der Waals surface area contributed by atoms with Crippen LogP contribution in [0.1, 0.15) is 48.0 Å². The summed E-state index contributed by atoms with van der Waals surface area (Å²) in [5, 5.41) is 9.15. The molecule has 5 nitrogen and oxygen atoms in total. The van der Waals surface area contributed by atoms with Crippen LogP contribution in [0.15, 0.2) is 48.5 Å². The van der Waals surface area contributed by atoms with E-state index in [-0.39, 0.29) is 18.4 Å². The molecule has 0 aliphatic heterocycles. The molecule has 0 bridgehead atoms. The first kappa shape index (κ1) is 19.0. The predicted octanol–water partition coefficient (Wildman–Crippen LogP) is 4.11. The van der Waals surface area contributed by atoms with E-state index in [0.29, 0.717) is 11.6 Å². The lowest BCUT2D eigenvalue weighted by Gasteiger charge is -2.23. The largest absolute Gasteiger partial charge is 0.376 e. The van der Waals surface area contributed by atoms with Crippen LogP contribution >= 0.6 is 0 Å². The highest BCUT2D eigenvalue weighted by Gasteiger charge is 2.16. The van der Waals surface area contributed by atoms with Gasteiger partial charge in [-0.2, -0.15) is 0 Å². The average Bonchev–Trinajstić information content (AvgIpc) is 2.69. The summed E-state index contributed by atoms with van der Waals surface area (Å²) in [5.41, 5.74) is 3.11. The highest BCUT2D eigenvalue weighted by Crippen LogP contribution is 2.19. The second-order valence-corrected chi connectivity index (χ2v) is 7.11. The Morgan fingerprint density at radius 3 is 2.48 bits per heavy atom. The molecule has 0 radical (unpaired) electrons. The standard InChI is InChI=1S/C22H27N3O2/c1-16-12-13-17(22(27)25-19-10-6-3-7-11-19)14-20(16)23-15-21(26)24-18-8-4-2-5-9-18/h3,6-7,10-14,18,23H,2,4-5,8-9,15H2,1H3,(H,24,26)(H,25,27). The van der Waals surface area contributed by atoms with Gasteiger partial charge in [-0.25, -0.2) is 0 Å². The molecule has 0 spiro atoms. The Morgan fingerprint density at radius 1 is 1.00 bits per heavy atom. The SMILES string of the molecule is Cc1ccc(C(=O)Nc2ccccc2)cc1NCC(=O)NC1CCCCC1. The van der Waals surface area contributed by atoms with E-state index in [9.17, 15) is 9.59 Å². The summed E-state index contributed by atoms with van der Waals surface area (Å²) in [5.74, 6) is -0.170. The summed E-state index contributed by atoms with van der Waals surface area (Å²) in [4.78, 5) is 24.7. The first-order chi connectivity index (χ1) is 13.1. The van der Waals surface area contributed by atoms with Crippen LogP contribution in [0, 0.1) is 6.92 Å². The summed E-state index contributed by atoms with van der Waals surface area (Å²) >= 11 is 0. The molecule has 1 aliphatic rings. The Bertz CT molecular complexity index is 783. The number of nitrogens with one attached hydrogen (secondary N) is 3. The topological polar surface area (TPSA) is 70.2 Å². The van der Waals surface area contributed by atoms with Gasteiger partial charge >= 0.3 is 0 Å². The number of amides is 2. The molecule has 0 heterocycles. The van der Waals surface area contributed by atoms with Gasteiger partial charge in [-0.3, -0.25) is 9.59 Å². The van der Waals surface area contributed by atoms with Crippen molar-refractivity contribution >= 4 is 23.2 Å². The quantitative estimate of drug-likeness (QED) is 0.721. The van der Waals surface area contributed by atoms with Crippen LogP contribution in [-0.2, 0) is 4.79 Å². The number of carbonyl (C=O) groups is 2. The van der Waals surface area contributed by atoms with E-state index < -0.39 is 0 Å². The highest BCUT2D eigenvalue weighted by molar-refractivity contribution is 6.05. The lowest BCUT2D eigenvalue weighted by atomic mass is 9.95. The van der Waals surface area contributed by atoms with Crippen molar-refractivity contribution < 1.29 is 9.59 Å². The third kappa shape index (κ3) is 5.58. The zero-order valence-corrected chi connectivity index (χ0v) is 15.8. The van der Waals surface area contributed by atoms with Gasteiger partial charge in [0.2, 0.25) is 5.91 Å². The van der Waals surface area contributed by atoms with Gasteiger partial charge in [0.25, 0.3) is 5.91 Å². The van der Waals surface area contributed by atoms with E-state index in [0.717, 1.165) is 29.8 Å². The van der Waals surface area contributed by atoms with Crippen molar-refractivity contribution in [3.63, 3.8) is 0 Å². The molecule has 1 saturated carbocycles. The molecule has 0 aromatic heterocycles. The van der Waals surface area contributed by atoms with Crippen molar-refractivity contribution in [1.29, 1.82) is 0 Å². The zero-order chi connectivity index (χ0) is 19.1. The third-order valence-corrected chi connectivity index (χ3v) is 4.94. The number of para-hydroxylation sites is 1. The van der Waals surface area contributed by atoms with Gasteiger partial charge in [-0.05, 0) is 49.6 Å². The molecule has 3 rings (SSSR count). The third-order valence-electron chi connectivity index (χ3n) is 4.94. The molecule has 1 fully saturated rings. The van der Waals surface area contributed by atoms with Crippen molar-refractivity contribution in [3.8, 4) is 0 Å². The fourth-order valence-corrected chi connectivity index (χ4v) is 3.38. The monoisotopic (exact) mass is 365 g/mol. The molecule has 142 valence electrons. The lowest BCUT2D eigenvalue weighted by molar-refractivity contribution is -0.120. The Kier molecular flexibility index (Phi) is 6.47. The smallest absolute Gasteiger partial charge is 0.255 e. The molecular weight excluding hydrogens is 338 g/mol. The molecule has 2 aromatic carbocycles. The lowest BCUT2D eigenvalue weighted by Crippen LogP contribution is -2.39. The highest BCUT2D eigenvalue weighted by atomic mass is 16.2. The number of hydrogen-bond donors (Lipinski definition) is 3. The molecule has 2 amide bonds. The van der Waals surface area contributed by atoms with Gasteiger partial charge in [-0.15, -0.1) is 0 Å². The van der Waals surface area contributed by atoms with Crippen molar-refractivity contribution in [2.45, 2.75) is 45.1 Å². The molecule has 0 saturated heterocycles. The van der Waals surface area contributed by atoms with E-state index in [1.807, 2.05) is 43.3 Å². The Morgan fingerprint density at radius 2 is 1.74 bits per heavy atom. The maximum atomic E-state index is 12.5. The summed E-state index contributed by atoms with van der Waals surface area (Å²) in [6, 6.07) is 15.1. The second kappa shape index (κ2) is 9.21. The fourth-order valence-electron chi connectivity index (χ4n) is 3.38. The van der Waals surface area contributed by atoms with Gasteiger partial charge in [0.05, 0.1) is 6.54 Å². The first-order valence-electron chi connectivity index (χ1n) is 9.62. The molecule has 0 unspecified atom stereocenters. The Balaban J connectivity index is 1.57. The molecule has 5 heteroatoms. The van der Waals surface area contributed by atoms with Crippen LogP contribution in [-0.4, -0.2) is 24.4 Å². The molecule has 1 aliphatic carbocycles. The minimum atomic E-state index is -0.170. The van der Waals surface area contributed by atoms with Gasteiger partial charge in [0.1, 0.15) is 0 Å². The number of rotatable bonds is 6. The van der Waals surface area contributed by atoms with Crippen LogP contribution in [0.4, 0.5) is 11.4 Å². The van der Waals surface area contributed by atoms with E-state index in [2.05, 4.69) is 16.0 Å². The molecule has 2 aromatic rings. The summed E-state index contributed by atoms with van der Waals surface area (Å²) < 4.78 is 0. The van der Waals surface area contributed by atoms with Crippen LogP contribution < -0.4 is 16.0 Å². The van der Waals surface area contributed by atoms with Gasteiger partial charge in [0.15, 0.2) is 0 Å². The summed E-state index contributed by atoms with van der Waals surface area (Å²) in [6.07, 6.45) is 5.79. The Hall–Kier alpha value is -2.82. The first-order valence-corrected chi connectivity index (χ1v) is 9.62. The summed E-state index contributed by atoms with van der Waals surface area (Å²) in [6.45, 7) is 2.17. The normalized spacial score (nSPS) is 14.4. The molecular formula is C22H27N3O2. The summed E-state index contributed by atoms with van der Waals surface area (Å²) in [7, 11) is 0. The van der Waals surface area contributed by atoms with E-state index >= 15 is 0 Å². The maximum absolute atomic E-state index is 12.5. The van der Waals surface area contributed by atoms with Crippen LogP contribution in [0.25, 0.3) is 0 Å². The number of aryl methyl sites for hydroxylation is 1. The van der Waals surface area contributed by atoms with E-state index in [1.165, 1.54) is 19.3 Å². The number of anilines is 2. The van der Waals surface area contributed by atoms with Gasteiger partial charge in [0, 0.05) is 23.0 Å². The van der Waals surface area contributed by atoms with Gasteiger partial charge < -0.3 is 16.0 Å². The minimum absolute atomic E-state index is 0.000408. The number of carbonyl (C=O) groups excluding carboxylic acids is 2. The van der Waals surface area contributed by atoms with Crippen molar-refractivity contribution in [2.24, 2.45) is 0 Å². The molecule has 0 atom stereocenters.